The van der Waals surface area contributed by atoms with Crippen LogP contribution in [0.25, 0.3) is 0 Å². The molecule has 0 bridgehead atoms. The largest absolute Gasteiger partial charge is 0.348 e. The number of hydrogen-bond acceptors (Lipinski definition) is 4. The van der Waals surface area contributed by atoms with Gasteiger partial charge in [-0.05, 0) is 20.8 Å². The number of aromatic nitrogens is 2. The van der Waals surface area contributed by atoms with Crippen molar-refractivity contribution < 1.29 is 0 Å². The first-order chi connectivity index (χ1) is 7.97. The van der Waals surface area contributed by atoms with Gasteiger partial charge in [0.2, 0.25) is 0 Å². The van der Waals surface area contributed by atoms with Crippen molar-refractivity contribution in [1.29, 1.82) is 5.26 Å². The van der Waals surface area contributed by atoms with E-state index < -0.39 is 0 Å². The van der Waals surface area contributed by atoms with E-state index >= 15 is 0 Å². The third kappa shape index (κ3) is 1.89. The molecular weight excluding hydrogens is 214 g/mol. The second kappa shape index (κ2) is 4.04. The number of nitriles is 1. The number of nitrogens with zero attached hydrogens (tertiary/aromatic N) is 4. The average molecular weight is 233 g/mol. The van der Waals surface area contributed by atoms with E-state index in [9.17, 15) is 5.26 Å². The van der Waals surface area contributed by atoms with Crippen LogP contribution in [0.1, 0.15) is 25.1 Å². The molecule has 5 heteroatoms. The molecule has 17 heavy (non-hydrogen) atoms. The zero-order valence-corrected chi connectivity index (χ0v) is 10.9. The number of nitrogens with one attached hydrogen (secondary N) is 1. The summed E-state index contributed by atoms with van der Waals surface area (Å²) in [5.41, 5.74) is 1.51. The van der Waals surface area contributed by atoms with Crippen molar-refractivity contribution in [3.05, 3.63) is 11.3 Å². The highest BCUT2D eigenvalue weighted by atomic mass is 15.4. The lowest BCUT2D eigenvalue weighted by Gasteiger charge is -2.44. The molecule has 0 saturated carbocycles. The van der Waals surface area contributed by atoms with Crippen LogP contribution in [-0.4, -0.2) is 35.0 Å². The van der Waals surface area contributed by atoms with E-state index in [1.165, 1.54) is 0 Å². The zero-order valence-electron chi connectivity index (χ0n) is 10.9. The normalized spacial score (nSPS) is 19.1. The van der Waals surface area contributed by atoms with Gasteiger partial charge in [-0.15, -0.1) is 0 Å². The lowest BCUT2D eigenvalue weighted by atomic mass is 9.99. The van der Waals surface area contributed by atoms with Crippen molar-refractivity contribution in [3.63, 3.8) is 0 Å². The van der Waals surface area contributed by atoms with Gasteiger partial charge in [-0.25, -0.2) is 0 Å². The second-order valence-electron chi connectivity index (χ2n) is 5.16. The van der Waals surface area contributed by atoms with E-state index in [-0.39, 0.29) is 5.54 Å². The fourth-order valence-electron chi connectivity index (χ4n) is 2.46. The van der Waals surface area contributed by atoms with Gasteiger partial charge in [-0.2, -0.15) is 10.4 Å². The number of piperazine rings is 1. The van der Waals surface area contributed by atoms with Crippen LogP contribution in [0.3, 0.4) is 0 Å². The molecule has 1 aliphatic heterocycles. The van der Waals surface area contributed by atoms with Crippen LogP contribution < -0.4 is 10.2 Å². The van der Waals surface area contributed by atoms with Gasteiger partial charge in [0.05, 0.1) is 5.69 Å². The highest BCUT2D eigenvalue weighted by Crippen LogP contribution is 2.29. The Morgan fingerprint density at radius 3 is 2.76 bits per heavy atom. The molecule has 1 aliphatic rings. The lowest BCUT2D eigenvalue weighted by molar-refractivity contribution is 0.373. The van der Waals surface area contributed by atoms with Crippen molar-refractivity contribution in [2.45, 2.75) is 26.3 Å². The Bertz CT molecular complexity index is 466. The molecule has 1 N–H and O–H groups in total. The van der Waals surface area contributed by atoms with Gasteiger partial charge in [0, 0.05) is 32.2 Å². The summed E-state index contributed by atoms with van der Waals surface area (Å²) in [6, 6.07) is 2.27. The molecule has 0 aliphatic carbocycles. The zero-order chi connectivity index (χ0) is 12.6. The molecule has 2 rings (SSSR count). The summed E-state index contributed by atoms with van der Waals surface area (Å²) in [6.45, 7) is 9.02. The maximum atomic E-state index is 9.27. The third-order valence-corrected chi connectivity index (χ3v) is 3.36. The fourth-order valence-corrected chi connectivity index (χ4v) is 2.46. The van der Waals surface area contributed by atoms with E-state index in [4.69, 9.17) is 0 Å². The van der Waals surface area contributed by atoms with Crippen molar-refractivity contribution in [2.24, 2.45) is 7.05 Å². The Kier molecular flexibility index (Phi) is 2.84. The van der Waals surface area contributed by atoms with Gasteiger partial charge in [-0.3, -0.25) is 4.68 Å². The van der Waals surface area contributed by atoms with E-state index in [1.807, 2.05) is 18.7 Å². The maximum Gasteiger partial charge on any atom is 0.145 e. The van der Waals surface area contributed by atoms with Crippen molar-refractivity contribution in [3.8, 4) is 6.07 Å². The molecule has 0 aromatic carbocycles. The van der Waals surface area contributed by atoms with Crippen LogP contribution in [0.4, 0.5) is 5.82 Å². The molecule has 1 aromatic rings. The first kappa shape index (κ1) is 11.9. The summed E-state index contributed by atoms with van der Waals surface area (Å²) < 4.78 is 1.82. The highest BCUT2D eigenvalue weighted by molar-refractivity contribution is 5.58. The van der Waals surface area contributed by atoms with Gasteiger partial charge >= 0.3 is 0 Å². The standard InChI is InChI=1S/C12H19N5/c1-9-10(7-13)11(16(4)15-9)17-6-5-14-8-12(17,2)3/h14H,5-6,8H2,1-4H3. The molecule has 5 nitrogen and oxygen atoms in total. The molecule has 92 valence electrons. The summed E-state index contributed by atoms with van der Waals surface area (Å²) >= 11 is 0. The minimum absolute atomic E-state index is 0.00405. The van der Waals surface area contributed by atoms with Gasteiger partial charge in [0.25, 0.3) is 0 Å². The molecule has 2 heterocycles. The smallest absolute Gasteiger partial charge is 0.145 e. The minimum atomic E-state index is 0.00405. The summed E-state index contributed by atoms with van der Waals surface area (Å²) in [7, 11) is 1.90. The van der Waals surface area contributed by atoms with Crippen LogP contribution >= 0.6 is 0 Å². The highest BCUT2D eigenvalue weighted by Gasteiger charge is 2.33. The Hall–Kier alpha value is -1.54. The van der Waals surface area contributed by atoms with Crippen LogP contribution in [0.15, 0.2) is 0 Å². The van der Waals surface area contributed by atoms with E-state index in [0.717, 1.165) is 31.1 Å². The molecule has 0 amide bonds. The van der Waals surface area contributed by atoms with Crippen LogP contribution in [0, 0.1) is 18.3 Å². The summed E-state index contributed by atoms with van der Waals surface area (Å²) in [5.74, 6) is 0.941. The Labute approximate surface area is 102 Å². The second-order valence-corrected chi connectivity index (χ2v) is 5.16. The quantitative estimate of drug-likeness (QED) is 0.779. The number of anilines is 1. The van der Waals surface area contributed by atoms with Gasteiger partial charge in [-0.1, -0.05) is 0 Å². The molecular formula is C12H19N5. The van der Waals surface area contributed by atoms with E-state index in [2.05, 4.69) is 35.2 Å². The number of hydrogen-bond donors (Lipinski definition) is 1. The SMILES string of the molecule is Cc1nn(C)c(N2CCNCC2(C)C)c1C#N. The molecule has 0 unspecified atom stereocenters. The molecule has 1 saturated heterocycles. The first-order valence-corrected chi connectivity index (χ1v) is 5.89. The molecule has 0 radical (unpaired) electrons. The van der Waals surface area contributed by atoms with E-state index in [0.29, 0.717) is 5.56 Å². The minimum Gasteiger partial charge on any atom is -0.348 e. The predicted molar refractivity (Wildman–Crippen MR) is 67.0 cm³/mol. The molecule has 1 aromatic heterocycles. The summed E-state index contributed by atoms with van der Waals surface area (Å²) in [4.78, 5) is 2.28. The van der Waals surface area contributed by atoms with Crippen LogP contribution in [0.5, 0.6) is 0 Å². The van der Waals surface area contributed by atoms with Crippen molar-refractivity contribution in [2.75, 3.05) is 24.5 Å². The fraction of sp³-hybridized carbons (Fsp3) is 0.667. The summed E-state index contributed by atoms with van der Waals surface area (Å²) in [6.07, 6.45) is 0. The number of rotatable bonds is 1. The Balaban J connectivity index is 2.49. The maximum absolute atomic E-state index is 9.27. The van der Waals surface area contributed by atoms with E-state index in [1.54, 1.807) is 0 Å². The Morgan fingerprint density at radius 2 is 2.18 bits per heavy atom. The van der Waals surface area contributed by atoms with Crippen molar-refractivity contribution in [1.82, 2.24) is 15.1 Å². The third-order valence-electron chi connectivity index (χ3n) is 3.36. The van der Waals surface area contributed by atoms with Gasteiger partial charge < -0.3 is 10.2 Å². The monoisotopic (exact) mass is 233 g/mol. The molecule has 0 spiro atoms. The average Bonchev–Trinajstić information content (AvgIpc) is 2.52. The van der Waals surface area contributed by atoms with Gasteiger partial charge in [0.15, 0.2) is 0 Å². The Morgan fingerprint density at radius 1 is 1.47 bits per heavy atom. The molecule has 1 fully saturated rings. The predicted octanol–water partition coefficient (Wildman–Crippen LogP) is 0.788. The van der Waals surface area contributed by atoms with Crippen molar-refractivity contribution >= 4 is 5.82 Å². The van der Waals surface area contributed by atoms with Gasteiger partial charge in [0.1, 0.15) is 17.5 Å². The molecule has 0 atom stereocenters. The number of aryl methyl sites for hydroxylation is 2. The van der Waals surface area contributed by atoms with Crippen LogP contribution in [-0.2, 0) is 7.05 Å². The topological polar surface area (TPSA) is 56.9 Å². The lowest BCUT2D eigenvalue weighted by Crippen LogP contribution is -2.58. The first-order valence-electron chi connectivity index (χ1n) is 5.89. The van der Waals surface area contributed by atoms with Crippen LogP contribution in [0.2, 0.25) is 0 Å². The summed E-state index contributed by atoms with van der Waals surface area (Å²) in [5, 5.41) is 17.0.